The molecule has 4 nitrogen and oxygen atoms in total. The normalized spacial score (nSPS) is 11.0. The van der Waals surface area contributed by atoms with Gasteiger partial charge in [-0.15, -0.1) is 11.3 Å². The van der Waals surface area contributed by atoms with Crippen LogP contribution in [0.3, 0.4) is 0 Å². The second-order valence-corrected chi connectivity index (χ2v) is 6.63. The monoisotopic (exact) mass is 355 g/mol. The Kier molecular flexibility index (Phi) is 3.59. The molecule has 4 aromatic rings. The van der Waals surface area contributed by atoms with Gasteiger partial charge in [-0.3, -0.25) is 4.79 Å². The summed E-state index contributed by atoms with van der Waals surface area (Å²) in [5, 5.41) is 4.44. The molecule has 0 saturated heterocycles. The van der Waals surface area contributed by atoms with E-state index in [0.29, 0.717) is 26.6 Å². The quantitative estimate of drug-likeness (QED) is 0.519. The van der Waals surface area contributed by atoms with Crippen LogP contribution in [0.25, 0.3) is 21.1 Å². The Labute approximate surface area is 145 Å². The Morgan fingerprint density at radius 1 is 1.04 bits per heavy atom. The van der Waals surface area contributed by atoms with Crippen LogP contribution in [0.15, 0.2) is 63.8 Å². The number of amides is 1. The van der Waals surface area contributed by atoms with Gasteiger partial charge in [0.1, 0.15) is 5.58 Å². The molecule has 0 aliphatic carbocycles. The highest BCUT2D eigenvalue weighted by molar-refractivity contribution is 7.21. The molecular formula is C18H10ClNO3S. The lowest BCUT2D eigenvalue weighted by atomic mass is 10.2. The van der Waals surface area contributed by atoms with Gasteiger partial charge in [-0.1, -0.05) is 35.9 Å². The number of carbonyl (C=O) groups is 1. The fourth-order valence-corrected chi connectivity index (χ4v) is 3.75. The standard InChI is InChI=1S/C18H10ClNO3S/c19-12-6-2-3-7-13(12)20-17(21)15-9-11-16(24-15)10-5-1-4-8-14(10)23-18(11)22/h1-9H,(H,20,21). The largest absolute Gasteiger partial charge is 0.422 e. The van der Waals surface area contributed by atoms with Crippen molar-refractivity contribution in [1.82, 2.24) is 0 Å². The van der Waals surface area contributed by atoms with E-state index < -0.39 is 5.63 Å². The van der Waals surface area contributed by atoms with Crippen LogP contribution in [-0.2, 0) is 0 Å². The Balaban J connectivity index is 1.82. The minimum Gasteiger partial charge on any atom is -0.422 e. The van der Waals surface area contributed by atoms with Gasteiger partial charge in [0.15, 0.2) is 0 Å². The van der Waals surface area contributed by atoms with Gasteiger partial charge >= 0.3 is 5.63 Å². The summed E-state index contributed by atoms with van der Waals surface area (Å²) >= 11 is 7.32. The minimum atomic E-state index is -0.447. The average molecular weight is 356 g/mol. The number of hydrogen-bond acceptors (Lipinski definition) is 4. The number of thiophene rings is 1. The molecule has 2 heterocycles. The van der Waals surface area contributed by atoms with E-state index in [-0.39, 0.29) is 5.91 Å². The lowest BCUT2D eigenvalue weighted by Crippen LogP contribution is -2.10. The molecule has 24 heavy (non-hydrogen) atoms. The molecule has 0 saturated carbocycles. The fourth-order valence-electron chi connectivity index (χ4n) is 2.50. The Hall–Kier alpha value is -2.63. The maximum Gasteiger partial charge on any atom is 0.345 e. The van der Waals surface area contributed by atoms with Crippen LogP contribution in [0.5, 0.6) is 0 Å². The number of fused-ring (bicyclic) bond motifs is 3. The van der Waals surface area contributed by atoms with Gasteiger partial charge in [0, 0.05) is 5.39 Å². The molecule has 1 N–H and O–H groups in total. The van der Waals surface area contributed by atoms with Crippen LogP contribution in [0.4, 0.5) is 5.69 Å². The lowest BCUT2D eigenvalue weighted by Gasteiger charge is -2.04. The SMILES string of the molecule is O=C(Nc1ccccc1Cl)c1cc2c(=O)oc3ccccc3c2s1. The molecule has 0 fully saturated rings. The smallest absolute Gasteiger partial charge is 0.345 e. The van der Waals surface area contributed by atoms with Gasteiger partial charge in [0.2, 0.25) is 0 Å². The second-order valence-electron chi connectivity index (χ2n) is 5.17. The number of halogens is 1. The van der Waals surface area contributed by atoms with E-state index in [1.165, 1.54) is 11.3 Å². The van der Waals surface area contributed by atoms with Crippen molar-refractivity contribution in [3.05, 3.63) is 74.9 Å². The molecule has 0 aliphatic rings. The summed E-state index contributed by atoms with van der Waals surface area (Å²) in [5.41, 5.74) is 0.588. The van der Waals surface area contributed by atoms with E-state index in [1.807, 2.05) is 12.1 Å². The summed E-state index contributed by atoms with van der Waals surface area (Å²) in [5.74, 6) is -0.312. The summed E-state index contributed by atoms with van der Waals surface area (Å²) in [6.45, 7) is 0. The van der Waals surface area contributed by atoms with Crippen molar-refractivity contribution in [2.24, 2.45) is 0 Å². The van der Waals surface area contributed by atoms with Crippen molar-refractivity contribution < 1.29 is 9.21 Å². The van der Waals surface area contributed by atoms with Gasteiger partial charge in [0.05, 0.1) is 25.7 Å². The predicted molar refractivity (Wildman–Crippen MR) is 97.3 cm³/mol. The Morgan fingerprint density at radius 3 is 2.62 bits per heavy atom. The number of nitrogens with one attached hydrogen (secondary N) is 1. The summed E-state index contributed by atoms with van der Waals surface area (Å²) < 4.78 is 6.05. The third-order valence-electron chi connectivity index (χ3n) is 3.63. The van der Waals surface area contributed by atoms with Gasteiger partial charge in [-0.25, -0.2) is 4.79 Å². The zero-order chi connectivity index (χ0) is 16.7. The highest BCUT2D eigenvalue weighted by atomic mass is 35.5. The molecular weight excluding hydrogens is 346 g/mol. The molecule has 0 atom stereocenters. The summed E-state index contributed by atoms with van der Waals surface area (Å²) in [4.78, 5) is 25.0. The number of carbonyl (C=O) groups excluding carboxylic acids is 1. The molecule has 0 aliphatic heterocycles. The zero-order valence-electron chi connectivity index (χ0n) is 12.2. The molecule has 118 valence electrons. The molecule has 6 heteroatoms. The zero-order valence-corrected chi connectivity index (χ0v) is 13.8. The Bertz CT molecular complexity index is 1150. The summed E-state index contributed by atoms with van der Waals surface area (Å²) in [6.07, 6.45) is 0. The van der Waals surface area contributed by atoms with E-state index in [0.717, 1.165) is 10.1 Å². The number of hydrogen-bond donors (Lipinski definition) is 1. The maximum absolute atomic E-state index is 12.5. The second kappa shape index (κ2) is 5.78. The highest BCUT2D eigenvalue weighted by Gasteiger charge is 2.16. The van der Waals surface area contributed by atoms with Crippen LogP contribution < -0.4 is 10.9 Å². The van der Waals surface area contributed by atoms with Gasteiger partial charge in [0.25, 0.3) is 5.91 Å². The van der Waals surface area contributed by atoms with Gasteiger partial charge in [-0.2, -0.15) is 0 Å². The van der Waals surface area contributed by atoms with Crippen molar-refractivity contribution in [3.63, 3.8) is 0 Å². The van der Waals surface area contributed by atoms with E-state index >= 15 is 0 Å². The first kappa shape index (κ1) is 14.9. The number of rotatable bonds is 2. The van der Waals surface area contributed by atoms with Crippen molar-refractivity contribution in [3.8, 4) is 0 Å². The first-order valence-electron chi connectivity index (χ1n) is 7.15. The van der Waals surface area contributed by atoms with E-state index in [2.05, 4.69) is 5.32 Å². The van der Waals surface area contributed by atoms with E-state index in [1.54, 1.807) is 42.5 Å². The Morgan fingerprint density at radius 2 is 1.79 bits per heavy atom. The van der Waals surface area contributed by atoms with Crippen molar-refractivity contribution in [1.29, 1.82) is 0 Å². The van der Waals surface area contributed by atoms with Gasteiger partial charge in [-0.05, 0) is 30.3 Å². The van der Waals surface area contributed by atoms with E-state index in [9.17, 15) is 9.59 Å². The molecule has 0 radical (unpaired) electrons. The van der Waals surface area contributed by atoms with Crippen LogP contribution in [0, 0.1) is 0 Å². The molecule has 2 aromatic carbocycles. The number of benzene rings is 2. The summed E-state index contributed by atoms with van der Waals surface area (Å²) in [6, 6.07) is 15.8. The molecule has 2 aromatic heterocycles. The molecule has 1 amide bonds. The molecule has 0 unspecified atom stereocenters. The first-order chi connectivity index (χ1) is 11.6. The van der Waals surface area contributed by atoms with Crippen molar-refractivity contribution in [2.75, 3.05) is 5.32 Å². The van der Waals surface area contributed by atoms with Crippen molar-refractivity contribution in [2.45, 2.75) is 0 Å². The maximum atomic E-state index is 12.5. The molecule has 0 bridgehead atoms. The van der Waals surface area contributed by atoms with Crippen molar-refractivity contribution >= 4 is 55.6 Å². The van der Waals surface area contributed by atoms with Gasteiger partial charge < -0.3 is 9.73 Å². The third-order valence-corrected chi connectivity index (χ3v) is 5.13. The fraction of sp³-hybridized carbons (Fsp3) is 0. The van der Waals surface area contributed by atoms with Crippen LogP contribution in [0.1, 0.15) is 9.67 Å². The van der Waals surface area contributed by atoms with Crippen LogP contribution >= 0.6 is 22.9 Å². The number of para-hydroxylation sites is 2. The minimum absolute atomic E-state index is 0.312. The predicted octanol–water partition coefficient (Wildman–Crippen LogP) is 4.91. The molecule has 4 rings (SSSR count). The lowest BCUT2D eigenvalue weighted by molar-refractivity contribution is 0.103. The topological polar surface area (TPSA) is 59.3 Å². The number of anilines is 1. The van der Waals surface area contributed by atoms with Crippen LogP contribution in [0.2, 0.25) is 5.02 Å². The molecule has 0 spiro atoms. The average Bonchev–Trinajstić information content (AvgIpc) is 3.03. The van der Waals surface area contributed by atoms with Crippen LogP contribution in [-0.4, -0.2) is 5.91 Å². The third kappa shape index (κ3) is 2.48. The first-order valence-corrected chi connectivity index (χ1v) is 8.34. The van der Waals surface area contributed by atoms with E-state index in [4.69, 9.17) is 16.0 Å². The summed E-state index contributed by atoms with van der Waals surface area (Å²) in [7, 11) is 0. The highest BCUT2D eigenvalue weighted by Crippen LogP contribution is 2.31.